The number of amides is 1. The number of hydrogen-bond acceptors (Lipinski definition) is 5. The number of halogens is 3. The highest BCUT2D eigenvalue weighted by Gasteiger charge is 2.62. The van der Waals surface area contributed by atoms with Crippen molar-refractivity contribution in [2.24, 2.45) is 11.1 Å². The van der Waals surface area contributed by atoms with Gasteiger partial charge < -0.3 is 20.5 Å². The second-order valence-corrected chi connectivity index (χ2v) is 6.70. The topological polar surface area (TPSA) is 86.5 Å². The second-order valence-electron chi connectivity index (χ2n) is 6.26. The summed E-state index contributed by atoms with van der Waals surface area (Å²) in [5.41, 5.74) is 4.99. The zero-order valence-corrected chi connectivity index (χ0v) is 17.0. The van der Waals surface area contributed by atoms with Gasteiger partial charge >= 0.3 is 0 Å². The van der Waals surface area contributed by atoms with Gasteiger partial charge in [-0.3, -0.25) is 4.79 Å². The van der Waals surface area contributed by atoms with Crippen LogP contribution >= 0.6 is 36.4 Å². The van der Waals surface area contributed by atoms with Crippen molar-refractivity contribution in [3.8, 4) is 5.88 Å². The molecule has 144 valence electrons. The highest BCUT2D eigenvalue weighted by Crippen LogP contribution is 2.49. The highest BCUT2D eigenvalue weighted by molar-refractivity contribution is 6.30. The molecular formula is C16H26Cl3N3O3. The molecule has 1 saturated carbocycles. The Morgan fingerprint density at radius 1 is 1.44 bits per heavy atom. The Hall–Kier alpha value is -0.790. The van der Waals surface area contributed by atoms with E-state index in [0.717, 1.165) is 0 Å². The van der Waals surface area contributed by atoms with E-state index in [1.54, 1.807) is 12.1 Å². The number of nitrogens with zero attached hydrogens (tertiary/aromatic N) is 1. The fourth-order valence-electron chi connectivity index (χ4n) is 2.75. The molecule has 3 N–H and O–H groups in total. The molecule has 0 bridgehead atoms. The van der Waals surface area contributed by atoms with Gasteiger partial charge in [-0.15, -0.1) is 24.8 Å². The summed E-state index contributed by atoms with van der Waals surface area (Å²) in [4.78, 5) is 16.4. The molecule has 2 atom stereocenters. The van der Waals surface area contributed by atoms with Crippen molar-refractivity contribution in [2.45, 2.75) is 38.8 Å². The Morgan fingerprint density at radius 3 is 2.64 bits per heavy atom. The summed E-state index contributed by atoms with van der Waals surface area (Å²) in [5.74, 6) is 0.289. The van der Waals surface area contributed by atoms with Crippen molar-refractivity contribution in [1.29, 1.82) is 0 Å². The number of aromatic nitrogens is 1. The number of hydrogen-bond donors (Lipinski definition) is 2. The minimum Gasteiger partial charge on any atom is -0.476 e. The van der Waals surface area contributed by atoms with Crippen LogP contribution in [0.2, 0.25) is 5.02 Å². The van der Waals surface area contributed by atoms with Crippen LogP contribution in [-0.2, 0) is 9.53 Å². The van der Waals surface area contributed by atoms with E-state index in [1.807, 2.05) is 20.8 Å². The maximum Gasteiger partial charge on any atom is 0.240 e. The number of rotatable bonds is 7. The lowest BCUT2D eigenvalue weighted by atomic mass is 9.54. The normalized spacial score (nSPS) is 23.5. The van der Waals surface area contributed by atoms with Crippen LogP contribution in [0.15, 0.2) is 18.3 Å². The molecule has 25 heavy (non-hydrogen) atoms. The number of ether oxygens (including phenoxy) is 2. The Balaban J connectivity index is 0.00000288. The van der Waals surface area contributed by atoms with Crippen molar-refractivity contribution in [3.63, 3.8) is 0 Å². The molecule has 1 fully saturated rings. The molecular weight excluding hydrogens is 389 g/mol. The van der Waals surface area contributed by atoms with Gasteiger partial charge in [0.2, 0.25) is 11.8 Å². The molecule has 1 heterocycles. The van der Waals surface area contributed by atoms with Crippen LogP contribution in [0.3, 0.4) is 0 Å². The Kier molecular flexibility index (Phi) is 9.47. The summed E-state index contributed by atoms with van der Waals surface area (Å²) in [6.45, 7) is 7.15. The maximum atomic E-state index is 12.4. The first-order valence-electron chi connectivity index (χ1n) is 7.74. The molecule has 0 spiro atoms. The van der Waals surface area contributed by atoms with E-state index < -0.39 is 11.0 Å². The summed E-state index contributed by atoms with van der Waals surface area (Å²) in [6.07, 6.45) is 2.05. The molecule has 1 aromatic heterocycles. The number of carbonyl (C=O) groups is 1. The molecule has 6 nitrogen and oxygen atoms in total. The first kappa shape index (κ1) is 24.2. The Morgan fingerprint density at radius 2 is 2.12 bits per heavy atom. The van der Waals surface area contributed by atoms with Crippen molar-refractivity contribution < 1.29 is 14.3 Å². The van der Waals surface area contributed by atoms with Gasteiger partial charge in [0.1, 0.15) is 12.1 Å². The molecule has 1 aliphatic rings. The van der Waals surface area contributed by atoms with Crippen molar-refractivity contribution in [1.82, 2.24) is 10.3 Å². The SMILES string of the molecule is CCOC1CC(N)(C(=O)NCCOc2ccc(Cl)cn2)C1(C)C.Cl.Cl. The lowest BCUT2D eigenvalue weighted by molar-refractivity contribution is -0.170. The molecule has 9 heteroatoms. The predicted octanol–water partition coefficient (Wildman–Crippen LogP) is 2.61. The molecule has 0 radical (unpaired) electrons. The average molecular weight is 415 g/mol. The minimum absolute atomic E-state index is 0. The quantitative estimate of drug-likeness (QED) is 0.670. The minimum atomic E-state index is -0.911. The fraction of sp³-hybridized carbons (Fsp3) is 0.625. The molecule has 0 aliphatic heterocycles. The zero-order valence-electron chi connectivity index (χ0n) is 14.6. The maximum absolute atomic E-state index is 12.4. The monoisotopic (exact) mass is 413 g/mol. The molecule has 1 aromatic rings. The van der Waals surface area contributed by atoms with E-state index in [-0.39, 0.29) is 36.8 Å². The van der Waals surface area contributed by atoms with E-state index in [4.69, 9.17) is 26.8 Å². The van der Waals surface area contributed by atoms with Gasteiger partial charge in [0.25, 0.3) is 0 Å². The van der Waals surface area contributed by atoms with E-state index in [1.165, 1.54) is 6.20 Å². The number of carbonyl (C=O) groups excluding carboxylic acids is 1. The lowest BCUT2D eigenvalue weighted by Crippen LogP contribution is -2.75. The smallest absolute Gasteiger partial charge is 0.240 e. The van der Waals surface area contributed by atoms with E-state index >= 15 is 0 Å². The Labute approximate surface area is 166 Å². The second kappa shape index (κ2) is 9.78. The summed E-state index contributed by atoms with van der Waals surface area (Å²) in [7, 11) is 0. The molecule has 0 aromatic carbocycles. The van der Waals surface area contributed by atoms with Gasteiger partial charge in [0.05, 0.1) is 17.7 Å². The third-order valence-corrected chi connectivity index (χ3v) is 4.80. The van der Waals surface area contributed by atoms with Crippen LogP contribution in [-0.4, -0.2) is 42.3 Å². The first-order chi connectivity index (χ1) is 10.8. The standard InChI is InChI=1S/C16H24ClN3O3.2ClH/c1-4-22-12-9-16(18,15(12,2)3)14(21)19-7-8-23-13-6-5-11(17)10-20-13;;/h5-6,10,12H,4,7-9,18H2,1-3H3,(H,19,21);2*1H. The van der Waals surface area contributed by atoms with Gasteiger partial charge in [0, 0.05) is 30.7 Å². The number of nitrogens with two attached hydrogens (primary N) is 1. The van der Waals surface area contributed by atoms with Crippen molar-refractivity contribution >= 4 is 42.3 Å². The molecule has 1 aliphatic carbocycles. The average Bonchev–Trinajstić information content (AvgIpc) is 2.52. The summed E-state index contributed by atoms with van der Waals surface area (Å²) in [6, 6.07) is 3.37. The first-order valence-corrected chi connectivity index (χ1v) is 8.12. The van der Waals surface area contributed by atoms with Gasteiger partial charge in [-0.05, 0) is 13.0 Å². The molecule has 2 rings (SSSR count). The third kappa shape index (κ3) is 5.11. The fourth-order valence-corrected chi connectivity index (χ4v) is 2.86. The highest BCUT2D eigenvalue weighted by atomic mass is 35.5. The van der Waals surface area contributed by atoms with Gasteiger partial charge in [-0.1, -0.05) is 25.4 Å². The lowest BCUT2D eigenvalue weighted by Gasteiger charge is -2.57. The van der Waals surface area contributed by atoms with Crippen LogP contribution in [0.25, 0.3) is 0 Å². The van der Waals surface area contributed by atoms with Crippen LogP contribution in [0, 0.1) is 5.41 Å². The zero-order chi connectivity index (χ0) is 17.1. The third-order valence-electron chi connectivity index (χ3n) is 4.57. The predicted molar refractivity (Wildman–Crippen MR) is 103 cm³/mol. The van der Waals surface area contributed by atoms with Crippen LogP contribution < -0.4 is 15.8 Å². The Bertz CT molecular complexity index is 557. The summed E-state index contributed by atoms with van der Waals surface area (Å²) < 4.78 is 11.1. The summed E-state index contributed by atoms with van der Waals surface area (Å²) in [5, 5.41) is 3.37. The van der Waals surface area contributed by atoms with Gasteiger partial charge in [-0.2, -0.15) is 0 Å². The van der Waals surface area contributed by atoms with Crippen LogP contribution in [0.1, 0.15) is 27.2 Å². The van der Waals surface area contributed by atoms with E-state index in [0.29, 0.717) is 37.1 Å². The molecule has 0 saturated heterocycles. The largest absolute Gasteiger partial charge is 0.476 e. The van der Waals surface area contributed by atoms with Crippen molar-refractivity contribution in [2.75, 3.05) is 19.8 Å². The van der Waals surface area contributed by atoms with E-state index in [2.05, 4.69) is 10.3 Å². The number of nitrogens with one attached hydrogen (secondary N) is 1. The summed E-state index contributed by atoms with van der Waals surface area (Å²) >= 11 is 5.75. The van der Waals surface area contributed by atoms with Gasteiger partial charge in [0.15, 0.2) is 0 Å². The van der Waals surface area contributed by atoms with Crippen LogP contribution in [0.5, 0.6) is 5.88 Å². The van der Waals surface area contributed by atoms with E-state index in [9.17, 15) is 4.79 Å². The molecule has 2 unspecified atom stereocenters. The van der Waals surface area contributed by atoms with Crippen molar-refractivity contribution in [3.05, 3.63) is 23.4 Å². The molecule has 1 amide bonds. The van der Waals surface area contributed by atoms with Crippen LogP contribution in [0.4, 0.5) is 0 Å². The van der Waals surface area contributed by atoms with Gasteiger partial charge in [-0.25, -0.2) is 4.98 Å². The number of pyridine rings is 1.